The van der Waals surface area contributed by atoms with Gasteiger partial charge in [0.25, 0.3) is 0 Å². The number of amides is 1. The second-order valence-electron chi connectivity index (χ2n) is 6.57. The lowest BCUT2D eigenvalue weighted by Gasteiger charge is -2.39. The van der Waals surface area contributed by atoms with Crippen LogP contribution in [0, 0.1) is 5.41 Å². The Kier molecular flexibility index (Phi) is 6.94. The van der Waals surface area contributed by atoms with E-state index in [0.717, 1.165) is 5.56 Å². The van der Waals surface area contributed by atoms with Crippen molar-refractivity contribution in [3.63, 3.8) is 0 Å². The summed E-state index contributed by atoms with van der Waals surface area (Å²) in [5.74, 6) is -0.917. The van der Waals surface area contributed by atoms with Crippen molar-refractivity contribution < 1.29 is 32.5 Å². The maximum Gasteiger partial charge on any atom is 0.475 e. The number of ether oxygens (including phenoxy) is 1. The molecule has 9 heteroatoms. The summed E-state index contributed by atoms with van der Waals surface area (Å²) < 4.78 is 33.3. The van der Waals surface area contributed by atoms with Gasteiger partial charge in [0.2, 0.25) is 5.91 Å². The lowest BCUT2D eigenvalue weighted by molar-refractivity contribution is -0.143. The van der Waals surface area contributed by atoms with E-state index < -0.39 is 31.2 Å². The number of hydrogen-bond acceptors (Lipinski definition) is 7. The SMILES string of the molecule is COC(=O)CCNC(=O)[C@@H]1O[P@](=O)(OCc2ccccc2)OCC1(C)C. The molecule has 1 heterocycles. The molecule has 1 aromatic carbocycles. The van der Waals surface area contributed by atoms with Crippen LogP contribution in [0.4, 0.5) is 0 Å². The molecule has 1 fully saturated rings. The molecule has 2 rings (SSSR count). The van der Waals surface area contributed by atoms with Crippen molar-refractivity contribution in [2.24, 2.45) is 5.41 Å². The maximum absolute atomic E-state index is 12.7. The predicted octanol–water partition coefficient (Wildman–Crippen LogP) is 2.43. The summed E-state index contributed by atoms with van der Waals surface area (Å²) in [6, 6.07) is 9.15. The number of carbonyl (C=O) groups is 2. The third kappa shape index (κ3) is 5.64. The highest BCUT2D eigenvalue weighted by Gasteiger charge is 2.49. The van der Waals surface area contributed by atoms with Crippen molar-refractivity contribution in [2.75, 3.05) is 20.3 Å². The summed E-state index contributed by atoms with van der Waals surface area (Å²) in [6.07, 6.45) is -0.996. The zero-order valence-electron chi connectivity index (χ0n) is 15.1. The Morgan fingerprint density at radius 3 is 2.65 bits per heavy atom. The summed E-state index contributed by atoms with van der Waals surface area (Å²) in [5, 5.41) is 2.59. The van der Waals surface area contributed by atoms with Crippen LogP contribution in [0.15, 0.2) is 30.3 Å². The molecule has 0 radical (unpaired) electrons. The van der Waals surface area contributed by atoms with Gasteiger partial charge in [-0.1, -0.05) is 44.2 Å². The molecule has 1 aliphatic rings. The summed E-state index contributed by atoms with van der Waals surface area (Å²) in [5.41, 5.74) is 0.0955. The lowest BCUT2D eigenvalue weighted by atomic mass is 9.87. The molecule has 0 bridgehead atoms. The van der Waals surface area contributed by atoms with Crippen LogP contribution in [-0.4, -0.2) is 38.2 Å². The fraction of sp³-hybridized carbons (Fsp3) is 0.529. The van der Waals surface area contributed by atoms with Crippen LogP contribution in [0.3, 0.4) is 0 Å². The van der Waals surface area contributed by atoms with E-state index in [1.807, 2.05) is 30.3 Å². The largest absolute Gasteiger partial charge is 0.475 e. The molecule has 0 spiro atoms. The van der Waals surface area contributed by atoms with E-state index in [9.17, 15) is 14.2 Å². The summed E-state index contributed by atoms with van der Waals surface area (Å²) in [7, 11) is -2.61. The molecule has 1 N–H and O–H groups in total. The van der Waals surface area contributed by atoms with Crippen LogP contribution in [0.5, 0.6) is 0 Å². The zero-order valence-corrected chi connectivity index (χ0v) is 16.0. The second kappa shape index (κ2) is 8.77. The number of rotatable bonds is 7. The van der Waals surface area contributed by atoms with Gasteiger partial charge in [0.1, 0.15) is 0 Å². The van der Waals surface area contributed by atoms with Crippen LogP contribution in [-0.2, 0) is 39.1 Å². The highest BCUT2D eigenvalue weighted by atomic mass is 31.2. The Morgan fingerprint density at radius 1 is 1.31 bits per heavy atom. The van der Waals surface area contributed by atoms with Gasteiger partial charge in [0, 0.05) is 12.0 Å². The molecule has 8 nitrogen and oxygen atoms in total. The first-order valence-electron chi connectivity index (χ1n) is 8.22. The molecule has 1 amide bonds. The Balaban J connectivity index is 1.97. The number of phosphoric acid groups is 1. The molecule has 1 saturated heterocycles. The normalized spacial score (nSPS) is 24.7. The Bertz CT molecular complexity index is 677. The molecule has 1 aliphatic heterocycles. The summed E-state index contributed by atoms with van der Waals surface area (Å²) >= 11 is 0. The monoisotopic (exact) mass is 385 g/mol. The quantitative estimate of drug-likeness (QED) is 0.568. The Morgan fingerprint density at radius 2 is 2.00 bits per heavy atom. The molecule has 144 valence electrons. The van der Waals surface area contributed by atoms with Crippen LogP contribution in [0.25, 0.3) is 0 Å². The number of methoxy groups -OCH3 is 1. The third-order valence-electron chi connectivity index (χ3n) is 3.87. The summed E-state index contributed by atoms with van der Waals surface area (Å²) in [6.45, 7) is 3.69. The maximum atomic E-state index is 12.7. The van der Waals surface area contributed by atoms with Crippen LogP contribution in [0.1, 0.15) is 25.8 Å². The smallest absolute Gasteiger partial charge is 0.469 e. The molecule has 0 aromatic heterocycles. The molecular weight excluding hydrogens is 361 g/mol. The number of esters is 1. The average molecular weight is 385 g/mol. The van der Waals surface area contributed by atoms with Gasteiger partial charge in [0.15, 0.2) is 6.10 Å². The first kappa shape index (κ1) is 20.6. The molecule has 0 aliphatic carbocycles. The van der Waals surface area contributed by atoms with Crippen molar-refractivity contribution in [3.8, 4) is 0 Å². The number of hydrogen-bond donors (Lipinski definition) is 1. The highest BCUT2D eigenvalue weighted by molar-refractivity contribution is 7.48. The fourth-order valence-electron chi connectivity index (χ4n) is 2.30. The standard InChI is InChI=1S/C17H24NO7P/c1-17(2)12-24-26(21,23-11-13-7-5-4-6-8-13)25-15(17)16(20)18-10-9-14(19)22-3/h4-8,15H,9-12H2,1-3H3,(H,18,20)/t15-,26+/m0/s1. The molecule has 26 heavy (non-hydrogen) atoms. The minimum absolute atomic E-state index is 0.0358. The number of benzene rings is 1. The van der Waals surface area contributed by atoms with Gasteiger partial charge in [-0.15, -0.1) is 0 Å². The van der Waals surface area contributed by atoms with E-state index >= 15 is 0 Å². The van der Waals surface area contributed by atoms with Crippen molar-refractivity contribution in [3.05, 3.63) is 35.9 Å². The van der Waals surface area contributed by atoms with E-state index in [2.05, 4.69) is 10.1 Å². The van der Waals surface area contributed by atoms with E-state index in [-0.39, 0.29) is 26.2 Å². The van der Waals surface area contributed by atoms with Gasteiger partial charge >= 0.3 is 13.8 Å². The lowest BCUT2D eigenvalue weighted by Crippen LogP contribution is -2.49. The number of nitrogens with one attached hydrogen (secondary N) is 1. The molecule has 1 aromatic rings. The summed E-state index contributed by atoms with van der Waals surface area (Å²) in [4.78, 5) is 23.6. The highest BCUT2D eigenvalue weighted by Crippen LogP contribution is 2.57. The third-order valence-corrected chi connectivity index (χ3v) is 5.22. The molecule has 0 unspecified atom stereocenters. The fourth-order valence-corrected chi connectivity index (χ4v) is 3.94. The molecule has 0 saturated carbocycles. The van der Waals surface area contributed by atoms with Crippen LogP contribution >= 0.6 is 7.82 Å². The van der Waals surface area contributed by atoms with Gasteiger partial charge in [0.05, 0.1) is 26.7 Å². The van der Waals surface area contributed by atoms with Gasteiger partial charge < -0.3 is 10.1 Å². The number of carbonyl (C=O) groups excluding carboxylic acids is 2. The first-order valence-corrected chi connectivity index (χ1v) is 9.68. The van der Waals surface area contributed by atoms with E-state index in [4.69, 9.17) is 13.6 Å². The number of phosphoric ester groups is 1. The van der Waals surface area contributed by atoms with Crippen LogP contribution in [0.2, 0.25) is 0 Å². The Hall–Kier alpha value is -1.73. The van der Waals surface area contributed by atoms with E-state index in [1.165, 1.54) is 7.11 Å². The van der Waals surface area contributed by atoms with Gasteiger partial charge in [-0.05, 0) is 5.56 Å². The van der Waals surface area contributed by atoms with Gasteiger partial charge in [-0.3, -0.25) is 23.2 Å². The van der Waals surface area contributed by atoms with Crippen molar-refractivity contribution in [2.45, 2.75) is 33.0 Å². The second-order valence-corrected chi connectivity index (χ2v) is 8.19. The van der Waals surface area contributed by atoms with Crippen molar-refractivity contribution >= 4 is 19.7 Å². The van der Waals surface area contributed by atoms with E-state index in [0.29, 0.717) is 0 Å². The predicted molar refractivity (Wildman–Crippen MR) is 93.1 cm³/mol. The average Bonchev–Trinajstić information content (AvgIpc) is 2.63. The van der Waals surface area contributed by atoms with Gasteiger partial charge in [-0.25, -0.2) is 4.57 Å². The van der Waals surface area contributed by atoms with Gasteiger partial charge in [-0.2, -0.15) is 0 Å². The van der Waals surface area contributed by atoms with E-state index in [1.54, 1.807) is 13.8 Å². The zero-order chi connectivity index (χ0) is 19.2. The van der Waals surface area contributed by atoms with Crippen molar-refractivity contribution in [1.82, 2.24) is 5.32 Å². The Labute approximate surface area is 152 Å². The molecule has 2 atom stereocenters. The molecular formula is C17H24NO7P. The minimum atomic E-state index is -3.88. The topological polar surface area (TPSA) is 100 Å². The van der Waals surface area contributed by atoms with Crippen molar-refractivity contribution in [1.29, 1.82) is 0 Å². The minimum Gasteiger partial charge on any atom is -0.469 e. The van der Waals surface area contributed by atoms with Crippen LogP contribution < -0.4 is 5.32 Å². The first-order chi connectivity index (χ1) is 12.3.